The molecule has 7 heteroatoms. The molecule has 0 fully saturated rings. The lowest BCUT2D eigenvalue weighted by atomic mass is 9.97. The van der Waals surface area contributed by atoms with Crippen LogP contribution in [-0.2, 0) is 4.84 Å². The molecule has 0 unspecified atom stereocenters. The quantitative estimate of drug-likeness (QED) is 0.304. The number of allylic oxidation sites excluding steroid dienone is 6. The molecule has 0 saturated heterocycles. The van der Waals surface area contributed by atoms with Crippen LogP contribution in [0.25, 0.3) is 0 Å². The van der Waals surface area contributed by atoms with Crippen molar-refractivity contribution >= 4 is 0 Å². The highest BCUT2D eigenvalue weighted by Crippen LogP contribution is 2.23. The van der Waals surface area contributed by atoms with Gasteiger partial charge in [0.1, 0.15) is 0 Å². The summed E-state index contributed by atoms with van der Waals surface area (Å²) in [5.74, 6) is 0. The Kier molecular flexibility index (Phi) is 12.8. The van der Waals surface area contributed by atoms with Gasteiger partial charge >= 0.3 is 6.18 Å². The van der Waals surface area contributed by atoms with E-state index in [0.717, 1.165) is 34.4 Å². The Labute approximate surface area is 179 Å². The first kappa shape index (κ1) is 27.8. The Hall–Kier alpha value is -2.25. The molecule has 0 rings (SSSR count). The lowest BCUT2D eigenvalue weighted by Crippen LogP contribution is -2.30. The molecule has 0 amide bonds. The van der Waals surface area contributed by atoms with Gasteiger partial charge in [-0.15, -0.1) is 0 Å². The molecule has 0 bridgehead atoms. The predicted molar refractivity (Wildman–Crippen MR) is 120 cm³/mol. The average Bonchev–Trinajstić information content (AvgIpc) is 2.66. The second-order valence-electron chi connectivity index (χ2n) is 7.04. The number of alkyl halides is 3. The van der Waals surface area contributed by atoms with E-state index >= 15 is 0 Å². The molecular formula is C23H36F3N3O. The largest absolute Gasteiger partial charge is 0.413 e. The van der Waals surface area contributed by atoms with Crippen molar-refractivity contribution in [3.05, 3.63) is 71.1 Å². The van der Waals surface area contributed by atoms with Gasteiger partial charge in [-0.1, -0.05) is 49.5 Å². The van der Waals surface area contributed by atoms with Gasteiger partial charge in [-0.25, -0.2) is 0 Å². The molecule has 0 saturated carbocycles. The summed E-state index contributed by atoms with van der Waals surface area (Å²) < 4.78 is 37.1. The normalized spacial score (nSPS) is 14.2. The van der Waals surface area contributed by atoms with Crippen LogP contribution in [0.5, 0.6) is 0 Å². The van der Waals surface area contributed by atoms with E-state index in [9.17, 15) is 13.2 Å². The fourth-order valence-corrected chi connectivity index (χ4v) is 2.58. The highest BCUT2D eigenvalue weighted by Gasteiger charge is 2.28. The van der Waals surface area contributed by atoms with E-state index in [1.807, 2.05) is 45.3 Å². The summed E-state index contributed by atoms with van der Waals surface area (Å²) in [5, 5.41) is 7.51. The van der Waals surface area contributed by atoms with Crippen LogP contribution in [0.3, 0.4) is 0 Å². The minimum absolute atomic E-state index is 0.206. The lowest BCUT2D eigenvalue weighted by Gasteiger charge is -2.20. The summed E-state index contributed by atoms with van der Waals surface area (Å²) in [5.41, 5.74) is 5.61. The van der Waals surface area contributed by atoms with Crippen molar-refractivity contribution in [1.29, 1.82) is 0 Å². The van der Waals surface area contributed by atoms with Crippen LogP contribution in [-0.4, -0.2) is 45.0 Å². The van der Waals surface area contributed by atoms with Crippen LogP contribution in [0.15, 0.2) is 71.1 Å². The topological polar surface area (TPSA) is 36.5 Å². The van der Waals surface area contributed by atoms with Gasteiger partial charge in [-0.3, -0.25) is 4.84 Å². The number of hydrogen-bond acceptors (Lipinski definition) is 4. The molecule has 170 valence electrons. The van der Waals surface area contributed by atoms with E-state index in [2.05, 4.69) is 37.6 Å². The molecule has 0 aliphatic carbocycles. The summed E-state index contributed by atoms with van der Waals surface area (Å²) in [7, 11) is 3.28. The highest BCUT2D eigenvalue weighted by atomic mass is 19.4. The molecule has 0 heterocycles. The molecule has 4 nitrogen and oxygen atoms in total. The van der Waals surface area contributed by atoms with Crippen LogP contribution in [0.1, 0.15) is 34.1 Å². The van der Waals surface area contributed by atoms with Gasteiger partial charge in [0.05, 0.1) is 0 Å². The third kappa shape index (κ3) is 11.7. The SMILES string of the molecule is C=C(C)/C=C(/CN/C=C(/C(=C)NC)C(/C=C\C)=C(C)CC)CN(C)OCC(F)(F)F. The Morgan fingerprint density at radius 2 is 1.83 bits per heavy atom. The van der Waals surface area contributed by atoms with Crippen LogP contribution in [0.4, 0.5) is 13.2 Å². The fourth-order valence-electron chi connectivity index (χ4n) is 2.58. The lowest BCUT2D eigenvalue weighted by molar-refractivity contribution is -0.241. The van der Waals surface area contributed by atoms with Crippen molar-refractivity contribution in [2.75, 3.05) is 33.8 Å². The fraction of sp³-hybridized carbons (Fsp3) is 0.478. The zero-order valence-corrected chi connectivity index (χ0v) is 19.0. The summed E-state index contributed by atoms with van der Waals surface area (Å²) in [6, 6.07) is 0. The molecule has 0 atom stereocenters. The Balaban J connectivity index is 5.49. The molecule has 0 aliphatic heterocycles. The molecule has 0 aromatic carbocycles. The third-order valence-corrected chi connectivity index (χ3v) is 4.14. The second-order valence-corrected chi connectivity index (χ2v) is 7.04. The minimum Gasteiger partial charge on any atom is -0.388 e. The zero-order valence-electron chi connectivity index (χ0n) is 19.0. The van der Waals surface area contributed by atoms with Crippen molar-refractivity contribution in [2.24, 2.45) is 0 Å². The minimum atomic E-state index is -4.37. The molecule has 0 radical (unpaired) electrons. The summed E-state index contributed by atoms with van der Waals surface area (Å²) in [4.78, 5) is 4.77. The maximum atomic E-state index is 12.4. The summed E-state index contributed by atoms with van der Waals surface area (Å²) in [6.45, 7) is 15.2. The molecule has 30 heavy (non-hydrogen) atoms. The predicted octanol–water partition coefficient (Wildman–Crippen LogP) is 5.42. The van der Waals surface area contributed by atoms with Crippen molar-refractivity contribution in [3.8, 4) is 0 Å². The van der Waals surface area contributed by atoms with Gasteiger partial charge in [0.2, 0.25) is 0 Å². The average molecular weight is 428 g/mol. The van der Waals surface area contributed by atoms with Gasteiger partial charge in [-0.2, -0.15) is 18.2 Å². The number of likely N-dealkylation sites (N-methyl/N-ethyl adjacent to an activating group) is 2. The van der Waals surface area contributed by atoms with E-state index < -0.39 is 12.8 Å². The molecule has 0 aliphatic rings. The van der Waals surface area contributed by atoms with Crippen LogP contribution >= 0.6 is 0 Å². The smallest absolute Gasteiger partial charge is 0.388 e. The molecule has 0 aromatic rings. The van der Waals surface area contributed by atoms with E-state index in [1.54, 1.807) is 0 Å². The van der Waals surface area contributed by atoms with Gasteiger partial charge < -0.3 is 10.6 Å². The number of nitrogens with zero attached hydrogens (tertiary/aromatic N) is 1. The van der Waals surface area contributed by atoms with Gasteiger partial charge in [0.25, 0.3) is 0 Å². The standard InChI is InChI=1S/C23H36F3N3O/c1-9-11-21(18(5)10-2)22(19(6)27-7)14-28-13-20(12-17(3)4)15-29(8)30-16-23(24,25)26/h9,11-12,14,27-28H,3,6,10,13,15-16H2,1-2,4-5,7-8H3/b11-9-,20-12-,21-18?,22-14-. The van der Waals surface area contributed by atoms with E-state index in [-0.39, 0.29) is 6.54 Å². The highest BCUT2D eigenvalue weighted by molar-refractivity contribution is 5.52. The summed E-state index contributed by atoms with van der Waals surface area (Å²) in [6.07, 6.45) is 4.25. The van der Waals surface area contributed by atoms with Gasteiger partial charge in [0.15, 0.2) is 6.61 Å². The first-order chi connectivity index (χ1) is 13.9. The number of hydrogen-bond donors (Lipinski definition) is 2. The number of halogens is 3. The number of nitrogens with one attached hydrogen (secondary N) is 2. The van der Waals surface area contributed by atoms with E-state index in [0.29, 0.717) is 6.54 Å². The van der Waals surface area contributed by atoms with Crippen molar-refractivity contribution < 1.29 is 18.0 Å². The van der Waals surface area contributed by atoms with Crippen LogP contribution in [0, 0.1) is 0 Å². The Morgan fingerprint density at radius 3 is 2.30 bits per heavy atom. The van der Waals surface area contributed by atoms with Gasteiger partial charge in [-0.05, 0) is 38.3 Å². The van der Waals surface area contributed by atoms with Crippen molar-refractivity contribution in [3.63, 3.8) is 0 Å². The van der Waals surface area contributed by atoms with Crippen LogP contribution in [0.2, 0.25) is 0 Å². The van der Waals surface area contributed by atoms with Crippen LogP contribution < -0.4 is 10.6 Å². The maximum Gasteiger partial charge on any atom is 0.413 e. The van der Waals surface area contributed by atoms with Crippen molar-refractivity contribution in [2.45, 2.75) is 40.3 Å². The molecular weight excluding hydrogens is 391 g/mol. The first-order valence-electron chi connectivity index (χ1n) is 9.84. The third-order valence-electron chi connectivity index (χ3n) is 4.14. The first-order valence-corrected chi connectivity index (χ1v) is 9.84. The number of rotatable bonds is 13. The summed E-state index contributed by atoms with van der Waals surface area (Å²) >= 11 is 0. The van der Waals surface area contributed by atoms with Gasteiger partial charge in [0, 0.05) is 44.7 Å². The monoisotopic (exact) mass is 427 g/mol. The molecule has 2 N–H and O–H groups in total. The molecule has 0 aromatic heterocycles. The Morgan fingerprint density at radius 1 is 1.20 bits per heavy atom. The zero-order chi connectivity index (χ0) is 23.3. The van der Waals surface area contributed by atoms with E-state index in [1.165, 1.54) is 17.7 Å². The number of hydroxylamine groups is 2. The maximum absolute atomic E-state index is 12.4. The molecule has 0 spiro atoms. The second kappa shape index (κ2) is 13.9. The van der Waals surface area contributed by atoms with Crippen molar-refractivity contribution in [1.82, 2.24) is 15.7 Å². The van der Waals surface area contributed by atoms with E-state index in [4.69, 9.17) is 4.84 Å². The Bertz CT molecular complexity index is 701.